The molecule has 1 spiro atoms. The van der Waals surface area contributed by atoms with Gasteiger partial charge in [-0.05, 0) is 12.8 Å². The summed E-state index contributed by atoms with van der Waals surface area (Å²) in [4.78, 5) is 23.1. The van der Waals surface area contributed by atoms with E-state index in [0.717, 1.165) is 17.9 Å². The van der Waals surface area contributed by atoms with Crippen LogP contribution in [-0.4, -0.2) is 34.4 Å². The minimum Gasteiger partial charge on any atom is -0.468 e. The molecule has 1 atom stereocenters. The standard InChI is InChI=1S/C10H14O3S2/c1-13-9(12)7-6-10(3-2-8(7)11)14-4-5-15-10/h7H,2-6H2,1H3. The largest absolute Gasteiger partial charge is 0.468 e. The molecule has 1 saturated carbocycles. The summed E-state index contributed by atoms with van der Waals surface area (Å²) in [5.74, 6) is 1.45. The van der Waals surface area contributed by atoms with Gasteiger partial charge in [-0.1, -0.05) is 0 Å². The lowest BCUT2D eigenvalue weighted by Crippen LogP contribution is -2.38. The number of hydrogen-bond donors (Lipinski definition) is 0. The molecule has 1 heterocycles. The second-order valence-corrected chi connectivity index (χ2v) is 7.07. The minimum absolute atomic E-state index is 0.0561. The fourth-order valence-corrected chi connectivity index (χ4v) is 5.44. The number of carbonyl (C=O) groups excluding carboxylic acids is 2. The molecule has 2 aliphatic rings. The number of rotatable bonds is 1. The number of thioether (sulfide) groups is 2. The summed E-state index contributed by atoms with van der Waals surface area (Å²) in [6, 6.07) is 0. The van der Waals surface area contributed by atoms with Crippen molar-refractivity contribution >= 4 is 35.3 Å². The van der Waals surface area contributed by atoms with Crippen molar-refractivity contribution in [2.24, 2.45) is 5.92 Å². The van der Waals surface area contributed by atoms with E-state index >= 15 is 0 Å². The number of carbonyl (C=O) groups is 2. The summed E-state index contributed by atoms with van der Waals surface area (Å²) in [7, 11) is 1.35. The predicted octanol–water partition coefficient (Wildman–Crippen LogP) is 1.70. The molecule has 84 valence electrons. The first-order chi connectivity index (χ1) is 7.17. The lowest BCUT2D eigenvalue weighted by molar-refractivity contribution is -0.150. The van der Waals surface area contributed by atoms with E-state index in [9.17, 15) is 9.59 Å². The summed E-state index contributed by atoms with van der Waals surface area (Å²) in [6.07, 6.45) is 2.10. The third kappa shape index (κ3) is 2.18. The van der Waals surface area contributed by atoms with E-state index in [1.165, 1.54) is 7.11 Å². The van der Waals surface area contributed by atoms with Gasteiger partial charge in [-0.15, -0.1) is 23.5 Å². The molecule has 1 saturated heterocycles. The van der Waals surface area contributed by atoms with Crippen LogP contribution in [0.2, 0.25) is 0 Å². The lowest BCUT2D eigenvalue weighted by Gasteiger charge is -2.34. The molecule has 2 rings (SSSR count). The van der Waals surface area contributed by atoms with E-state index in [4.69, 9.17) is 0 Å². The lowest BCUT2D eigenvalue weighted by atomic mass is 9.87. The molecule has 1 unspecified atom stereocenters. The Labute approximate surface area is 97.7 Å². The molecule has 2 fully saturated rings. The summed E-state index contributed by atoms with van der Waals surface area (Å²) in [6.45, 7) is 0. The van der Waals surface area contributed by atoms with Crippen molar-refractivity contribution in [3.8, 4) is 0 Å². The molecule has 0 N–H and O–H groups in total. The van der Waals surface area contributed by atoms with Gasteiger partial charge in [-0.25, -0.2) is 0 Å². The van der Waals surface area contributed by atoms with Crippen LogP contribution < -0.4 is 0 Å². The molecule has 0 radical (unpaired) electrons. The van der Waals surface area contributed by atoms with Crippen LogP contribution in [0.4, 0.5) is 0 Å². The Balaban J connectivity index is 2.10. The summed E-state index contributed by atoms with van der Waals surface area (Å²) in [5.41, 5.74) is 0. The number of ketones is 1. The number of esters is 1. The quantitative estimate of drug-likeness (QED) is 0.520. The first kappa shape index (κ1) is 11.3. The second kappa shape index (κ2) is 4.37. The van der Waals surface area contributed by atoms with Gasteiger partial charge in [0.25, 0.3) is 0 Å². The Hall–Kier alpha value is -0.160. The first-order valence-corrected chi connectivity index (χ1v) is 7.02. The molecule has 0 aromatic rings. The van der Waals surface area contributed by atoms with Crippen molar-refractivity contribution < 1.29 is 14.3 Å². The average Bonchev–Trinajstić information content (AvgIpc) is 2.70. The molecule has 0 aromatic heterocycles. The van der Waals surface area contributed by atoms with E-state index in [2.05, 4.69) is 4.74 Å². The van der Waals surface area contributed by atoms with Crippen LogP contribution in [0.5, 0.6) is 0 Å². The molecule has 0 bridgehead atoms. The van der Waals surface area contributed by atoms with Gasteiger partial charge in [0.1, 0.15) is 11.7 Å². The predicted molar refractivity (Wildman–Crippen MR) is 62.0 cm³/mol. The van der Waals surface area contributed by atoms with Crippen molar-refractivity contribution in [2.45, 2.75) is 23.3 Å². The van der Waals surface area contributed by atoms with Crippen LogP contribution in [0.15, 0.2) is 0 Å². The monoisotopic (exact) mass is 246 g/mol. The Bertz CT molecular complexity index is 276. The van der Waals surface area contributed by atoms with Gasteiger partial charge < -0.3 is 4.74 Å². The van der Waals surface area contributed by atoms with Gasteiger partial charge in [-0.2, -0.15) is 0 Å². The zero-order chi connectivity index (χ0) is 10.9. The zero-order valence-electron chi connectivity index (χ0n) is 8.65. The van der Waals surface area contributed by atoms with Crippen molar-refractivity contribution in [1.82, 2.24) is 0 Å². The third-order valence-corrected chi connectivity index (χ3v) is 6.53. The smallest absolute Gasteiger partial charge is 0.316 e. The van der Waals surface area contributed by atoms with Gasteiger partial charge >= 0.3 is 5.97 Å². The zero-order valence-corrected chi connectivity index (χ0v) is 10.3. The highest BCUT2D eigenvalue weighted by Crippen LogP contribution is 2.53. The maximum atomic E-state index is 11.6. The molecule has 15 heavy (non-hydrogen) atoms. The van der Waals surface area contributed by atoms with Crippen LogP contribution in [0.25, 0.3) is 0 Å². The Morgan fingerprint density at radius 2 is 2.13 bits per heavy atom. The summed E-state index contributed by atoms with van der Waals surface area (Å²) < 4.78 is 4.80. The molecule has 5 heteroatoms. The van der Waals surface area contributed by atoms with Crippen molar-refractivity contribution in [1.29, 1.82) is 0 Å². The van der Waals surface area contributed by atoms with Gasteiger partial charge in [0.05, 0.1) is 11.2 Å². The fraction of sp³-hybridized carbons (Fsp3) is 0.800. The van der Waals surface area contributed by atoms with E-state index in [1.807, 2.05) is 23.5 Å². The topological polar surface area (TPSA) is 43.4 Å². The molecule has 1 aliphatic heterocycles. The summed E-state index contributed by atoms with van der Waals surface area (Å²) in [5, 5.41) is 0. The number of hydrogen-bond acceptors (Lipinski definition) is 5. The van der Waals surface area contributed by atoms with E-state index in [0.29, 0.717) is 12.8 Å². The van der Waals surface area contributed by atoms with Gasteiger partial charge in [-0.3, -0.25) is 9.59 Å². The number of methoxy groups -OCH3 is 1. The van der Waals surface area contributed by atoms with Crippen molar-refractivity contribution in [3.05, 3.63) is 0 Å². The second-order valence-electron chi connectivity index (χ2n) is 3.85. The Kier molecular flexibility index (Phi) is 3.30. The van der Waals surface area contributed by atoms with E-state index in [1.54, 1.807) is 0 Å². The number of Topliss-reactive ketones (excluding diaryl/α,β-unsaturated/α-hetero) is 1. The highest BCUT2D eigenvalue weighted by molar-refractivity contribution is 8.21. The van der Waals surface area contributed by atoms with Crippen LogP contribution in [0.3, 0.4) is 0 Å². The number of ether oxygens (including phenoxy) is 1. The highest BCUT2D eigenvalue weighted by atomic mass is 32.2. The third-order valence-electron chi connectivity index (χ3n) is 2.96. The molecule has 0 aromatic carbocycles. The molecule has 3 nitrogen and oxygen atoms in total. The molecular weight excluding hydrogens is 232 g/mol. The van der Waals surface area contributed by atoms with Gasteiger partial charge in [0.2, 0.25) is 0 Å². The van der Waals surface area contributed by atoms with Gasteiger partial charge in [0.15, 0.2) is 0 Å². The molecule has 1 aliphatic carbocycles. The molecular formula is C10H14O3S2. The normalized spacial score (nSPS) is 29.4. The maximum absolute atomic E-state index is 11.6. The maximum Gasteiger partial charge on any atom is 0.316 e. The summed E-state index contributed by atoms with van der Waals surface area (Å²) >= 11 is 3.80. The highest BCUT2D eigenvalue weighted by Gasteiger charge is 2.46. The van der Waals surface area contributed by atoms with Crippen LogP contribution in [-0.2, 0) is 14.3 Å². The van der Waals surface area contributed by atoms with E-state index < -0.39 is 5.92 Å². The fourth-order valence-electron chi connectivity index (χ4n) is 2.13. The minimum atomic E-state index is -0.512. The van der Waals surface area contributed by atoms with Crippen LogP contribution >= 0.6 is 23.5 Å². The van der Waals surface area contributed by atoms with Crippen LogP contribution in [0, 0.1) is 5.92 Å². The van der Waals surface area contributed by atoms with Crippen molar-refractivity contribution in [2.75, 3.05) is 18.6 Å². The first-order valence-electron chi connectivity index (χ1n) is 5.05. The van der Waals surface area contributed by atoms with Crippen LogP contribution in [0.1, 0.15) is 19.3 Å². The average molecular weight is 246 g/mol. The van der Waals surface area contributed by atoms with Gasteiger partial charge in [0, 0.05) is 17.9 Å². The molecule has 0 amide bonds. The Morgan fingerprint density at radius 1 is 1.47 bits per heavy atom. The van der Waals surface area contributed by atoms with Crippen molar-refractivity contribution in [3.63, 3.8) is 0 Å². The van der Waals surface area contributed by atoms with E-state index in [-0.39, 0.29) is 15.8 Å². The Morgan fingerprint density at radius 3 is 2.73 bits per heavy atom. The SMILES string of the molecule is COC(=O)C1CC2(CCC1=O)SCCS2.